The van der Waals surface area contributed by atoms with E-state index in [0.717, 1.165) is 74.0 Å². The Bertz CT molecular complexity index is 1140. The summed E-state index contributed by atoms with van der Waals surface area (Å²) >= 11 is 0. The minimum Gasteiger partial charge on any atom is -0.341 e. The number of benzene rings is 1. The molecule has 1 atom stereocenters. The van der Waals surface area contributed by atoms with Gasteiger partial charge in [-0.2, -0.15) is 5.10 Å². The van der Waals surface area contributed by atoms with Gasteiger partial charge in [-0.05, 0) is 75.7 Å². The van der Waals surface area contributed by atoms with Gasteiger partial charge >= 0.3 is 0 Å². The topological polar surface area (TPSA) is 96.1 Å². The molecule has 3 aromatic rings. The molecule has 3 N–H and O–H groups in total. The summed E-state index contributed by atoms with van der Waals surface area (Å²) in [6.07, 6.45) is 12.0. The fourth-order valence-electron chi connectivity index (χ4n) is 6.09. The Morgan fingerprint density at radius 2 is 1.94 bits per heavy atom. The highest BCUT2D eigenvalue weighted by molar-refractivity contribution is 5.84. The minimum atomic E-state index is -0.502. The summed E-state index contributed by atoms with van der Waals surface area (Å²) in [5, 5.41) is 8.22. The van der Waals surface area contributed by atoms with Crippen molar-refractivity contribution in [3.05, 3.63) is 47.7 Å². The van der Waals surface area contributed by atoms with E-state index in [-0.39, 0.29) is 5.91 Å². The summed E-state index contributed by atoms with van der Waals surface area (Å²) in [6, 6.07) is 4.26. The maximum absolute atomic E-state index is 13.1. The van der Waals surface area contributed by atoms with E-state index < -0.39 is 6.04 Å². The molecule has 2 aromatic heterocycles. The van der Waals surface area contributed by atoms with Crippen molar-refractivity contribution in [1.29, 1.82) is 0 Å². The van der Waals surface area contributed by atoms with Crippen molar-refractivity contribution in [2.45, 2.75) is 76.9 Å². The molecule has 2 saturated heterocycles. The van der Waals surface area contributed by atoms with Crippen LogP contribution in [0.25, 0.3) is 10.9 Å². The number of imidazole rings is 1. The van der Waals surface area contributed by atoms with Crippen molar-refractivity contribution >= 4 is 16.8 Å². The van der Waals surface area contributed by atoms with Crippen molar-refractivity contribution < 1.29 is 4.79 Å². The second-order valence-corrected chi connectivity index (χ2v) is 10.4. The fourth-order valence-corrected chi connectivity index (χ4v) is 6.09. The maximum atomic E-state index is 13.1. The highest BCUT2D eigenvalue weighted by atomic mass is 16.2. The highest BCUT2D eigenvalue weighted by Gasteiger charge is 2.32. The number of nitrogens with one attached hydrogen (secondary N) is 1. The van der Waals surface area contributed by atoms with E-state index in [1.54, 1.807) is 0 Å². The van der Waals surface area contributed by atoms with Crippen LogP contribution in [0.4, 0.5) is 0 Å². The van der Waals surface area contributed by atoms with Crippen molar-refractivity contribution in [2.24, 2.45) is 5.73 Å². The molecule has 2 aliphatic heterocycles. The first kappa shape index (κ1) is 24.0. The fraction of sp³-hybridized carbons (Fsp3) is 0.593. The van der Waals surface area contributed by atoms with Crippen LogP contribution in [0.3, 0.4) is 0 Å². The van der Waals surface area contributed by atoms with Gasteiger partial charge in [0, 0.05) is 49.4 Å². The lowest BCUT2D eigenvalue weighted by atomic mass is 9.92. The first-order valence-corrected chi connectivity index (χ1v) is 13.3. The molecule has 0 aliphatic carbocycles. The number of nitrogens with two attached hydrogens (primary N) is 1. The lowest BCUT2D eigenvalue weighted by Crippen LogP contribution is -2.52. The molecule has 2 fully saturated rings. The zero-order chi connectivity index (χ0) is 24.4. The van der Waals surface area contributed by atoms with Crippen LogP contribution in [-0.4, -0.2) is 73.7 Å². The van der Waals surface area contributed by atoms with E-state index in [9.17, 15) is 4.79 Å². The number of fused-ring (bicyclic) bond motifs is 1. The number of piperidine rings is 2. The number of aryl methyl sites for hydroxylation is 2. The number of likely N-dealkylation sites (tertiary alicyclic amines) is 2. The van der Waals surface area contributed by atoms with Crippen molar-refractivity contribution in [3.8, 4) is 0 Å². The van der Waals surface area contributed by atoms with Gasteiger partial charge in [0.05, 0.1) is 17.8 Å². The third kappa shape index (κ3) is 5.14. The van der Waals surface area contributed by atoms with E-state index in [4.69, 9.17) is 5.73 Å². The summed E-state index contributed by atoms with van der Waals surface area (Å²) in [6.45, 7) is 9.19. The normalized spacial score (nSPS) is 19.5. The summed E-state index contributed by atoms with van der Waals surface area (Å²) < 4.78 is 2.34. The van der Waals surface area contributed by atoms with E-state index in [1.165, 1.54) is 18.7 Å². The number of aromatic amines is 1. The number of hydrogen-bond acceptors (Lipinski definition) is 5. The summed E-state index contributed by atoms with van der Waals surface area (Å²) in [4.78, 5) is 22.4. The molecule has 1 amide bonds. The van der Waals surface area contributed by atoms with Crippen molar-refractivity contribution in [3.63, 3.8) is 0 Å². The summed E-state index contributed by atoms with van der Waals surface area (Å²) in [5.41, 5.74) is 9.66. The number of carbonyl (C=O) groups excluding carboxylic acids is 1. The van der Waals surface area contributed by atoms with E-state index >= 15 is 0 Å². The predicted octanol–water partition coefficient (Wildman–Crippen LogP) is 3.22. The molecule has 1 aromatic carbocycles. The van der Waals surface area contributed by atoms with Gasteiger partial charge in [0.1, 0.15) is 5.82 Å². The Morgan fingerprint density at radius 3 is 2.69 bits per heavy atom. The van der Waals surface area contributed by atoms with Crippen LogP contribution in [0.15, 0.2) is 30.7 Å². The Labute approximate surface area is 207 Å². The number of nitrogens with zero attached hydrogens (tertiary/aromatic N) is 5. The standard InChI is InChI=1S/C27H39N7O/c1-3-9-33-14-8-29-26(33)21-4-10-32(11-5-21)23-6-12-34(13-7-23)27(35)24(28)17-20-15-19(2)25-22(16-20)18-30-31-25/h8,14-16,18,21,23-24H,3-7,9-13,17,28H2,1-2H3,(H,30,31)/t24-/m1/s1. The SMILES string of the molecule is CCCn1ccnc1C1CCN(C2CCN(C(=O)[C@H](N)Cc3cc(C)c4[nH]ncc4c3)CC2)CC1. The first-order chi connectivity index (χ1) is 17.0. The van der Waals surface area contributed by atoms with E-state index in [2.05, 4.69) is 56.8 Å². The molecule has 8 nitrogen and oxygen atoms in total. The van der Waals surface area contributed by atoms with Crippen LogP contribution >= 0.6 is 0 Å². The molecule has 35 heavy (non-hydrogen) atoms. The summed E-state index contributed by atoms with van der Waals surface area (Å²) in [5.74, 6) is 1.91. The lowest BCUT2D eigenvalue weighted by molar-refractivity contribution is -0.134. The number of amides is 1. The molecular formula is C27H39N7O. The molecule has 5 rings (SSSR count). The monoisotopic (exact) mass is 477 g/mol. The molecular weight excluding hydrogens is 438 g/mol. The van der Waals surface area contributed by atoms with Gasteiger partial charge in [-0.1, -0.05) is 13.0 Å². The van der Waals surface area contributed by atoms with Gasteiger partial charge in [-0.3, -0.25) is 9.89 Å². The Morgan fingerprint density at radius 1 is 1.17 bits per heavy atom. The van der Waals surface area contributed by atoms with Crippen LogP contribution in [0, 0.1) is 6.92 Å². The molecule has 0 bridgehead atoms. The lowest BCUT2D eigenvalue weighted by Gasteiger charge is -2.42. The molecule has 0 saturated carbocycles. The Hall–Kier alpha value is -2.71. The molecule has 0 spiro atoms. The Kier molecular flexibility index (Phi) is 7.20. The first-order valence-electron chi connectivity index (χ1n) is 13.3. The number of hydrogen-bond donors (Lipinski definition) is 2. The van der Waals surface area contributed by atoms with Gasteiger partial charge in [-0.15, -0.1) is 0 Å². The molecule has 0 unspecified atom stereocenters. The van der Waals surface area contributed by atoms with Crippen LogP contribution in [0.2, 0.25) is 0 Å². The number of rotatable bonds is 7. The van der Waals surface area contributed by atoms with Crippen molar-refractivity contribution in [2.75, 3.05) is 26.2 Å². The summed E-state index contributed by atoms with van der Waals surface area (Å²) in [7, 11) is 0. The third-order valence-electron chi connectivity index (χ3n) is 7.98. The molecule has 8 heteroatoms. The smallest absolute Gasteiger partial charge is 0.239 e. The maximum Gasteiger partial charge on any atom is 0.239 e. The molecule has 4 heterocycles. The van der Waals surface area contributed by atoms with E-state index in [1.807, 2.05) is 17.3 Å². The van der Waals surface area contributed by atoms with Gasteiger partial charge in [0.2, 0.25) is 5.91 Å². The Balaban J connectivity index is 1.10. The molecule has 188 valence electrons. The van der Waals surface area contributed by atoms with Crippen LogP contribution in [0.5, 0.6) is 0 Å². The van der Waals surface area contributed by atoms with Gasteiger partial charge in [0.25, 0.3) is 0 Å². The molecule has 2 aliphatic rings. The second-order valence-electron chi connectivity index (χ2n) is 10.4. The average Bonchev–Trinajstić information content (AvgIpc) is 3.54. The minimum absolute atomic E-state index is 0.0786. The van der Waals surface area contributed by atoms with E-state index in [0.29, 0.717) is 18.4 Å². The predicted molar refractivity (Wildman–Crippen MR) is 138 cm³/mol. The average molecular weight is 478 g/mol. The second kappa shape index (κ2) is 10.5. The van der Waals surface area contributed by atoms with Crippen LogP contribution in [-0.2, 0) is 17.8 Å². The van der Waals surface area contributed by atoms with Crippen LogP contribution in [0.1, 0.15) is 61.9 Å². The zero-order valence-corrected chi connectivity index (χ0v) is 21.1. The third-order valence-corrected chi connectivity index (χ3v) is 7.98. The number of H-pyrrole nitrogens is 1. The van der Waals surface area contributed by atoms with Crippen molar-refractivity contribution in [1.82, 2.24) is 29.5 Å². The number of carbonyl (C=O) groups is 1. The largest absolute Gasteiger partial charge is 0.341 e. The van der Waals surface area contributed by atoms with Gasteiger partial charge in [-0.25, -0.2) is 4.98 Å². The van der Waals surface area contributed by atoms with Gasteiger partial charge < -0.3 is 20.1 Å². The quantitative estimate of drug-likeness (QED) is 0.545. The highest BCUT2D eigenvalue weighted by Crippen LogP contribution is 2.30. The molecule has 0 radical (unpaired) electrons. The van der Waals surface area contributed by atoms with Gasteiger partial charge in [0.15, 0.2) is 0 Å². The zero-order valence-electron chi connectivity index (χ0n) is 21.1. The van der Waals surface area contributed by atoms with Crippen LogP contribution < -0.4 is 5.73 Å². The number of aromatic nitrogens is 4.